The van der Waals surface area contributed by atoms with Crippen LogP contribution in [0.3, 0.4) is 0 Å². The monoisotopic (exact) mass is 482 g/mol. The fraction of sp³-hybridized carbons (Fsp3) is 0.207. The summed E-state index contributed by atoms with van der Waals surface area (Å²) in [6, 6.07) is 19.3. The van der Waals surface area contributed by atoms with E-state index in [9.17, 15) is 9.18 Å². The number of hydrogen-bond donors (Lipinski definition) is 1. The molecule has 0 aliphatic carbocycles. The molecule has 1 aliphatic rings. The Morgan fingerprint density at radius 1 is 1.00 bits per heavy atom. The molecule has 1 aromatic heterocycles. The number of nitrogens with zero attached hydrogens (tertiary/aromatic N) is 3. The van der Waals surface area contributed by atoms with Crippen LogP contribution in [-0.4, -0.2) is 16.2 Å². The van der Waals surface area contributed by atoms with Gasteiger partial charge in [0.25, 0.3) is 5.89 Å². The molecule has 0 fully saturated rings. The van der Waals surface area contributed by atoms with Gasteiger partial charge in [-0.15, -0.1) is 0 Å². The lowest BCUT2D eigenvalue weighted by Gasteiger charge is -2.35. The van der Waals surface area contributed by atoms with Crippen molar-refractivity contribution in [2.75, 3.05) is 4.90 Å². The van der Waals surface area contributed by atoms with Gasteiger partial charge in [0.1, 0.15) is 5.82 Å². The molecule has 2 amide bonds. The van der Waals surface area contributed by atoms with Gasteiger partial charge in [-0.1, -0.05) is 54.5 Å². The van der Waals surface area contributed by atoms with Crippen molar-refractivity contribution in [1.29, 1.82) is 0 Å². The summed E-state index contributed by atoms with van der Waals surface area (Å²) in [6.45, 7) is 8.05. The third-order valence-electron chi connectivity index (χ3n) is 6.69. The highest BCUT2D eigenvalue weighted by Gasteiger charge is 2.36. The molecule has 1 aliphatic heterocycles. The molecule has 4 aromatic rings. The van der Waals surface area contributed by atoms with Gasteiger partial charge in [0.15, 0.2) is 0 Å². The SMILES string of the molecule is CCc1ccc(N2C(=O)NC(c3ccc(C)c(C)c3)C(c3nc(-c4cccc(F)c4)no3)=C2C)cc1. The predicted octanol–water partition coefficient (Wildman–Crippen LogP) is 6.76. The van der Waals surface area contributed by atoms with Crippen molar-refractivity contribution in [2.45, 2.75) is 40.2 Å². The second-order valence-corrected chi connectivity index (χ2v) is 9.01. The third-order valence-corrected chi connectivity index (χ3v) is 6.69. The van der Waals surface area contributed by atoms with Crippen molar-refractivity contribution < 1.29 is 13.7 Å². The van der Waals surface area contributed by atoms with Crippen LogP contribution >= 0.6 is 0 Å². The molecule has 182 valence electrons. The zero-order chi connectivity index (χ0) is 25.4. The van der Waals surface area contributed by atoms with Crippen molar-refractivity contribution in [2.24, 2.45) is 0 Å². The maximum Gasteiger partial charge on any atom is 0.326 e. The summed E-state index contributed by atoms with van der Waals surface area (Å²) in [5, 5.41) is 7.25. The van der Waals surface area contributed by atoms with Crippen LogP contribution in [-0.2, 0) is 6.42 Å². The minimum absolute atomic E-state index is 0.242. The van der Waals surface area contributed by atoms with E-state index in [1.165, 1.54) is 17.7 Å². The third kappa shape index (κ3) is 4.28. The van der Waals surface area contributed by atoms with Crippen LogP contribution in [0.2, 0.25) is 0 Å². The second kappa shape index (κ2) is 9.41. The number of carbonyl (C=O) groups excluding carboxylic acids is 1. The lowest BCUT2D eigenvalue weighted by molar-refractivity contribution is 0.244. The normalized spacial score (nSPS) is 15.9. The number of aromatic nitrogens is 2. The molecule has 0 radical (unpaired) electrons. The van der Waals surface area contributed by atoms with Gasteiger partial charge in [-0.3, -0.25) is 4.90 Å². The van der Waals surface area contributed by atoms with E-state index in [0.717, 1.165) is 28.8 Å². The number of hydrogen-bond acceptors (Lipinski definition) is 4. The molecule has 0 saturated carbocycles. The average Bonchev–Trinajstić information content (AvgIpc) is 3.35. The van der Waals surface area contributed by atoms with Crippen molar-refractivity contribution in [3.63, 3.8) is 0 Å². The first-order chi connectivity index (χ1) is 17.4. The van der Waals surface area contributed by atoms with Crippen LogP contribution in [0.1, 0.15) is 48.0 Å². The minimum atomic E-state index is -0.497. The second-order valence-electron chi connectivity index (χ2n) is 9.01. The highest BCUT2D eigenvalue weighted by molar-refractivity contribution is 6.01. The summed E-state index contributed by atoms with van der Waals surface area (Å²) in [7, 11) is 0. The van der Waals surface area contributed by atoms with Crippen molar-refractivity contribution in [3.8, 4) is 11.4 Å². The number of aryl methyl sites for hydroxylation is 3. The topological polar surface area (TPSA) is 71.3 Å². The fourth-order valence-electron chi connectivity index (χ4n) is 4.48. The number of benzene rings is 3. The Hall–Kier alpha value is -4.26. The van der Waals surface area contributed by atoms with Crippen LogP contribution in [0.15, 0.2) is 77.0 Å². The van der Waals surface area contributed by atoms with Crippen LogP contribution in [0.4, 0.5) is 14.9 Å². The van der Waals surface area contributed by atoms with E-state index in [1.807, 2.05) is 57.2 Å². The standard InChI is InChI=1S/C29H27FN4O2/c1-5-20-10-13-24(14-11-20)34-19(4)25(26(31-29(34)35)21-12-9-17(2)18(3)15-21)28-32-27(33-36-28)22-7-6-8-23(30)16-22/h6-16,26H,5H2,1-4H3,(H,31,35). The fourth-order valence-corrected chi connectivity index (χ4v) is 4.48. The molecule has 1 unspecified atom stereocenters. The average molecular weight is 483 g/mol. The van der Waals surface area contributed by atoms with E-state index in [1.54, 1.807) is 17.0 Å². The zero-order valence-electron chi connectivity index (χ0n) is 20.7. The van der Waals surface area contributed by atoms with Crippen LogP contribution in [0.25, 0.3) is 17.0 Å². The molecule has 2 heterocycles. The molecule has 3 aromatic carbocycles. The van der Waals surface area contributed by atoms with E-state index in [0.29, 0.717) is 16.8 Å². The molecule has 0 bridgehead atoms. The molecule has 1 atom stereocenters. The Balaban J connectivity index is 1.65. The Labute approximate surface area is 209 Å². The smallest absolute Gasteiger partial charge is 0.326 e. The summed E-state index contributed by atoms with van der Waals surface area (Å²) >= 11 is 0. The van der Waals surface area contributed by atoms with Gasteiger partial charge < -0.3 is 9.84 Å². The number of amides is 2. The number of halogens is 1. The highest BCUT2D eigenvalue weighted by atomic mass is 19.1. The van der Waals surface area contributed by atoms with E-state index >= 15 is 0 Å². The van der Waals surface area contributed by atoms with Gasteiger partial charge in [-0.25, -0.2) is 9.18 Å². The van der Waals surface area contributed by atoms with Crippen LogP contribution in [0, 0.1) is 19.7 Å². The van der Waals surface area contributed by atoms with Gasteiger partial charge in [0.05, 0.1) is 17.3 Å². The van der Waals surface area contributed by atoms with Gasteiger partial charge in [-0.2, -0.15) is 4.98 Å². The Kier molecular flexibility index (Phi) is 6.14. The molecular weight excluding hydrogens is 455 g/mol. The first-order valence-corrected chi connectivity index (χ1v) is 11.9. The van der Waals surface area contributed by atoms with Crippen LogP contribution in [0.5, 0.6) is 0 Å². The number of carbonyl (C=O) groups is 1. The largest absolute Gasteiger partial charge is 0.334 e. The summed E-state index contributed by atoms with van der Waals surface area (Å²) in [4.78, 5) is 19.6. The number of rotatable bonds is 5. The maximum atomic E-state index is 13.8. The molecule has 1 N–H and O–H groups in total. The lowest BCUT2D eigenvalue weighted by atomic mass is 9.92. The van der Waals surface area contributed by atoms with Gasteiger partial charge in [0, 0.05) is 11.3 Å². The van der Waals surface area contributed by atoms with Gasteiger partial charge >= 0.3 is 6.03 Å². The van der Waals surface area contributed by atoms with Crippen molar-refractivity contribution in [3.05, 3.63) is 106 Å². The number of nitrogens with one attached hydrogen (secondary N) is 1. The van der Waals surface area contributed by atoms with Crippen molar-refractivity contribution >= 4 is 17.3 Å². The first kappa shape index (κ1) is 23.5. The molecule has 6 nitrogen and oxygen atoms in total. The Morgan fingerprint density at radius 3 is 2.47 bits per heavy atom. The molecular formula is C29H27FN4O2. The van der Waals surface area contributed by atoms with Crippen molar-refractivity contribution in [1.82, 2.24) is 15.5 Å². The molecule has 5 rings (SSSR count). The summed E-state index contributed by atoms with van der Waals surface area (Å²) in [6.07, 6.45) is 0.909. The molecule has 7 heteroatoms. The first-order valence-electron chi connectivity index (χ1n) is 11.9. The summed E-state index contributed by atoms with van der Waals surface area (Å²) in [5.41, 5.74) is 6.98. The number of allylic oxidation sites excluding steroid dienone is 1. The van der Waals surface area contributed by atoms with Crippen LogP contribution < -0.4 is 10.2 Å². The quantitative estimate of drug-likeness (QED) is 0.341. The maximum absolute atomic E-state index is 13.8. The highest BCUT2D eigenvalue weighted by Crippen LogP contribution is 2.39. The predicted molar refractivity (Wildman–Crippen MR) is 138 cm³/mol. The number of anilines is 1. The summed E-state index contributed by atoms with van der Waals surface area (Å²) in [5.74, 6) is 0.165. The minimum Gasteiger partial charge on any atom is -0.334 e. The molecule has 0 saturated heterocycles. The number of urea groups is 1. The molecule has 36 heavy (non-hydrogen) atoms. The van der Waals surface area contributed by atoms with E-state index in [4.69, 9.17) is 4.52 Å². The van der Waals surface area contributed by atoms with Gasteiger partial charge in [0.2, 0.25) is 5.82 Å². The zero-order valence-corrected chi connectivity index (χ0v) is 20.7. The summed E-state index contributed by atoms with van der Waals surface area (Å²) < 4.78 is 19.5. The Bertz CT molecular complexity index is 1470. The van der Waals surface area contributed by atoms with E-state index in [2.05, 4.69) is 28.4 Å². The molecule has 0 spiro atoms. The Morgan fingerprint density at radius 2 is 1.78 bits per heavy atom. The van der Waals surface area contributed by atoms with E-state index in [-0.39, 0.29) is 23.6 Å². The van der Waals surface area contributed by atoms with Gasteiger partial charge in [-0.05, 0) is 73.7 Å². The van der Waals surface area contributed by atoms with E-state index < -0.39 is 6.04 Å². The lowest BCUT2D eigenvalue weighted by Crippen LogP contribution is -2.46.